The number of aryl methyl sites for hydroxylation is 1. The summed E-state index contributed by atoms with van der Waals surface area (Å²) < 4.78 is 22.0. The first-order valence-electron chi connectivity index (χ1n) is 8.62. The van der Waals surface area contributed by atoms with Crippen LogP contribution in [-0.2, 0) is 13.0 Å². The van der Waals surface area contributed by atoms with Crippen LogP contribution in [0.5, 0.6) is 11.5 Å². The zero-order valence-electron chi connectivity index (χ0n) is 15.8. The quantitative estimate of drug-likeness (QED) is 0.592. The van der Waals surface area contributed by atoms with Gasteiger partial charge in [0.2, 0.25) is 5.89 Å². The van der Waals surface area contributed by atoms with Crippen LogP contribution in [0.25, 0.3) is 11.4 Å². The summed E-state index contributed by atoms with van der Waals surface area (Å²) in [6, 6.07) is 5.21. The molecule has 144 valence electrons. The second-order valence-corrected chi connectivity index (χ2v) is 6.46. The van der Waals surface area contributed by atoms with Gasteiger partial charge in [0.1, 0.15) is 6.54 Å². The van der Waals surface area contributed by atoms with Gasteiger partial charge in [-0.2, -0.15) is 4.98 Å². The van der Waals surface area contributed by atoms with Crippen molar-refractivity contribution in [3.05, 3.63) is 40.5 Å². The number of hydrogen-bond acceptors (Lipinski definition) is 8. The number of nitrogens with zero attached hydrogens (tertiary/aromatic N) is 4. The third kappa shape index (κ3) is 4.18. The highest BCUT2D eigenvalue weighted by Crippen LogP contribution is 2.31. The maximum Gasteiger partial charge on any atom is 0.442 e. The maximum atomic E-state index is 12.1. The molecule has 0 amide bonds. The first-order valence-corrected chi connectivity index (χ1v) is 8.62. The predicted octanol–water partition coefficient (Wildman–Crippen LogP) is 2.54. The zero-order valence-corrected chi connectivity index (χ0v) is 15.8. The van der Waals surface area contributed by atoms with Crippen molar-refractivity contribution in [3.8, 4) is 22.9 Å². The fourth-order valence-corrected chi connectivity index (χ4v) is 2.60. The number of aromatic nitrogens is 4. The predicted molar refractivity (Wildman–Crippen MR) is 95.9 cm³/mol. The van der Waals surface area contributed by atoms with Crippen LogP contribution in [0.1, 0.15) is 32.0 Å². The van der Waals surface area contributed by atoms with E-state index in [1.165, 1.54) is 11.7 Å². The minimum Gasteiger partial charge on any atom is -0.493 e. The van der Waals surface area contributed by atoms with Gasteiger partial charge in [-0.25, -0.2) is 9.36 Å². The van der Waals surface area contributed by atoms with E-state index in [1.54, 1.807) is 25.3 Å². The maximum absolute atomic E-state index is 12.1. The highest BCUT2D eigenvalue weighted by atomic mass is 16.5. The summed E-state index contributed by atoms with van der Waals surface area (Å²) in [5.74, 6) is 2.31. The van der Waals surface area contributed by atoms with E-state index >= 15 is 0 Å². The molecule has 0 radical (unpaired) electrons. The molecule has 1 aromatic carbocycles. The normalized spacial score (nSPS) is 11.1. The van der Waals surface area contributed by atoms with Crippen LogP contribution >= 0.6 is 0 Å². The van der Waals surface area contributed by atoms with E-state index < -0.39 is 5.76 Å². The van der Waals surface area contributed by atoms with Crippen LogP contribution in [0.4, 0.5) is 0 Å². The monoisotopic (exact) mass is 374 g/mol. The molecule has 9 nitrogen and oxygen atoms in total. The molecule has 0 spiro atoms. The second kappa shape index (κ2) is 8.07. The molecule has 0 saturated carbocycles. The van der Waals surface area contributed by atoms with Crippen LogP contribution in [0.3, 0.4) is 0 Å². The highest BCUT2D eigenvalue weighted by molar-refractivity contribution is 5.61. The van der Waals surface area contributed by atoms with E-state index in [0.29, 0.717) is 40.5 Å². The summed E-state index contributed by atoms with van der Waals surface area (Å²) in [7, 11) is 3.09. The molecule has 0 unspecified atom stereocenters. The molecule has 3 rings (SSSR count). The van der Waals surface area contributed by atoms with E-state index in [-0.39, 0.29) is 6.54 Å². The van der Waals surface area contributed by atoms with Gasteiger partial charge in [-0.1, -0.05) is 24.2 Å². The summed E-state index contributed by atoms with van der Waals surface area (Å²) in [5, 5.41) is 7.83. The van der Waals surface area contributed by atoms with Gasteiger partial charge in [0.25, 0.3) is 0 Å². The third-order valence-electron chi connectivity index (χ3n) is 4.08. The number of ether oxygens (including phenoxy) is 2. The standard InChI is InChI=1S/C18H22N4O5/c1-11(2)5-8-15-19-16(26-20-15)10-22-17(21-27-18(22)23)12-6-7-13(24-3)14(9-12)25-4/h6-7,9,11H,5,8,10H2,1-4H3. The van der Waals surface area contributed by atoms with Crippen molar-refractivity contribution in [2.75, 3.05) is 14.2 Å². The molecule has 3 aromatic rings. The summed E-state index contributed by atoms with van der Waals surface area (Å²) >= 11 is 0. The number of methoxy groups -OCH3 is 2. The Balaban J connectivity index is 1.86. The van der Waals surface area contributed by atoms with Gasteiger partial charge in [-0.3, -0.25) is 4.52 Å². The summed E-state index contributed by atoms with van der Waals surface area (Å²) in [4.78, 5) is 16.4. The Morgan fingerprint density at radius 1 is 1.11 bits per heavy atom. The summed E-state index contributed by atoms with van der Waals surface area (Å²) in [6.07, 6.45) is 1.69. The molecule has 0 aliphatic heterocycles. The largest absolute Gasteiger partial charge is 0.493 e. The molecule has 0 aliphatic carbocycles. The van der Waals surface area contributed by atoms with Crippen LogP contribution < -0.4 is 15.2 Å². The lowest BCUT2D eigenvalue weighted by Crippen LogP contribution is -2.16. The molecule has 0 fully saturated rings. The van der Waals surface area contributed by atoms with Gasteiger partial charge in [-0.15, -0.1) is 0 Å². The fourth-order valence-electron chi connectivity index (χ4n) is 2.60. The molecule has 2 heterocycles. The minimum atomic E-state index is -0.610. The van der Waals surface area contributed by atoms with Gasteiger partial charge in [0.05, 0.1) is 14.2 Å². The van der Waals surface area contributed by atoms with E-state index in [4.69, 9.17) is 18.5 Å². The van der Waals surface area contributed by atoms with Crippen molar-refractivity contribution in [1.82, 2.24) is 19.9 Å². The Bertz CT molecular complexity index is 957. The molecule has 27 heavy (non-hydrogen) atoms. The van der Waals surface area contributed by atoms with Crippen molar-refractivity contribution in [3.63, 3.8) is 0 Å². The zero-order chi connectivity index (χ0) is 19.4. The molecule has 0 bridgehead atoms. The molecule has 0 atom stereocenters. The second-order valence-electron chi connectivity index (χ2n) is 6.46. The van der Waals surface area contributed by atoms with Gasteiger partial charge >= 0.3 is 5.76 Å². The van der Waals surface area contributed by atoms with Crippen LogP contribution in [0.2, 0.25) is 0 Å². The van der Waals surface area contributed by atoms with Crippen molar-refractivity contribution in [2.24, 2.45) is 5.92 Å². The highest BCUT2D eigenvalue weighted by Gasteiger charge is 2.18. The van der Waals surface area contributed by atoms with Crippen LogP contribution in [-0.4, -0.2) is 34.1 Å². The van der Waals surface area contributed by atoms with Crippen LogP contribution in [0.15, 0.2) is 32.0 Å². The average molecular weight is 374 g/mol. The molecule has 0 aliphatic rings. The number of hydrogen-bond donors (Lipinski definition) is 0. The molecule has 9 heteroatoms. The Morgan fingerprint density at radius 2 is 1.89 bits per heavy atom. The number of rotatable bonds is 8. The van der Waals surface area contributed by atoms with E-state index in [1.807, 2.05) is 0 Å². The lowest BCUT2D eigenvalue weighted by atomic mass is 10.1. The summed E-state index contributed by atoms with van der Waals surface area (Å²) in [6.45, 7) is 4.33. The van der Waals surface area contributed by atoms with Gasteiger partial charge in [-0.05, 0) is 30.5 Å². The minimum absolute atomic E-state index is 0.0701. The Hall–Kier alpha value is -3.10. The Morgan fingerprint density at radius 3 is 2.59 bits per heavy atom. The third-order valence-corrected chi connectivity index (χ3v) is 4.08. The smallest absolute Gasteiger partial charge is 0.442 e. The van der Waals surface area contributed by atoms with Gasteiger partial charge < -0.3 is 14.0 Å². The fraction of sp³-hybridized carbons (Fsp3) is 0.444. The Labute approximate surface area is 155 Å². The van der Waals surface area contributed by atoms with Gasteiger partial charge in [0.15, 0.2) is 23.1 Å². The van der Waals surface area contributed by atoms with E-state index in [9.17, 15) is 4.79 Å². The van der Waals surface area contributed by atoms with E-state index in [0.717, 1.165) is 12.8 Å². The molecule has 2 aromatic heterocycles. The lowest BCUT2D eigenvalue weighted by Gasteiger charge is -2.09. The van der Waals surface area contributed by atoms with Crippen LogP contribution in [0, 0.1) is 5.92 Å². The average Bonchev–Trinajstić information content (AvgIpc) is 3.27. The molecular formula is C18H22N4O5. The molecule has 0 saturated heterocycles. The molecule has 0 N–H and O–H groups in total. The first kappa shape index (κ1) is 18.7. The van der Waals surface area contributed by atoms with Crippen molar-refractivity contribution in [2.45, 2.75) is 33.2 Å². The first-order chi connectivity index (χ1) is 13.0. The molecular weight excluding hydrogens is 352 g/mol. The SMILES string of the molecule is COc1ccc(-c2noc(=O)n2Cc2nc(CCC(C)C)no2)cc1OC. The van der Waals surface area contributed by atoms with Gasteiger partial charge in [0, 0.05) is 12.0 Å². The summed E-state index contributed by atoms with van der Waals surface area (Å²) in [5.41, 5.74) is 0.637. The lowest BCUT2D eigenvalue weighted by molar-refractivity contribution is 0.350. The number of benzene rings is 1. The van der Waals surface area contributed by atoms with Crippen molar-refractivity contribution >= 4 is 0 Å². The van der Waals surface area contributed by atoms with E-state index in [2.05, 4.69) is 29.1 Å². The Kier molecular flexibility index (Phi) is 5.58. The topological polar surface area (TPSA) is 105 Å². The van der Waals surface area contributed by atoms with Crippen molar-refractivity contribution in [1.29, 1.82) is 0 Å². The van der Waals surface area contributed by atoms with Crippen molar-refractivity contribution < 1.29 is 18.5 Å².